The molecule has 1 aliphatic heterocycles. The number of rotatable bonds is 10. The summed E-state index contributed by atoms with van der Waals surface area (Å²) in [6, 6.07) is 7.11. The molecule has 1 aliphatic carbocycles. The van der Waals surface area contributed by atoms with E-state index in [1.165, 1.54) is 42.1 Å². The molecule has 1 heterocycles. The lowest BCUT2D eigenvalue weighted by Gasteiger charge is -2.29. The number of amides is 1. The Morgan fingerprint density at radius 2 is 1.87 bits per heavy atom. The van der Waals surface area contributed by atoms with Gasteiger partial charge in [0.15, 0.2) is 6.10 Å². The van der Waals surface area contributed by atoms with E-state index in [4.69, 9.17) is 22.1 Å². The van der Waals surface area contributed by atoms with Gasteiger partial charge < -0.3 is 20.1 Å². The maximum absolute atomic E-state index is 12.4. The van der Waals surface area contributed by atoms with Crippen LogP contribution in [0, 0.1) is 5.92 Å². The minimum Gasteiger partial charge on any atom is -0.480 e. The third kappa shape index (κ3) is 6.00. The number of carboxylic acids is 1. The fourth-order valence-corrected chi connectivity index (χ4v) is 4.55. The highest BCUT2D eigenvalue weighted by Crippen LogP contribution is 2.31. The SMILES string of the molecule is O=C(O)COCCN1C(=O)C(O)C(=S)N1c1ccc(C(O)CCC2CCCCC2)cc1. The van der Waals surface area contributed by atoms with Crippen LogP contribution in [0.2, 0.25) is 0 Å². The average Bonchev–Trinajstić information content (AvgIpc) is 2.99. The van der Waals surface area contributed by atoms with Gasteiger partial charge in [-0.3, -0.25) is 4.79 Å². The van der Waals surface area contributed by atoms with Crippen LogP contribution < -0.4 is 5.01 Å². The highest BCUT2D eigenvalue weighted by Gasteiger charge is 2.42. The summed E-state index contributed by atoms with van der Waals surface area (Å²) in [4.78, 5) is 23.0. The first-order valence-electron chi connectivity index (χ1n) is 10.8. The number of hydrogen-bond acceptors (Lipinski definition) is 6. The van der Waals surface area contributed by atoms with Crippen molar-refractivity contribution in [1.29, 1.82) is 0 Å². The number of benzene rings is 1. The monoisotopic (exact) mass is 450 g/mol. The van der Waals surface area contributed by atoms with Crippen molar-refractivity contribution in [2.75, 3.05) is 24.8 Å². The van der Waals surface area contributed by atoms with E-state index in [0.29, 0.717) is 11.6 Å². The lowest BCUT2D eigenvalue weighted by atomic mass is 9.85. The number of aliphatic carboxylic acids is 1. The Kier molecular flexibility index (Phi) is 8.36. The normalized spacial score (nSPS) is 21.0. The summed E-state index contributed by atoms with van der Waals surface area (Å²) in [6.07, 6.45) is 6.14. The molecule has 1 aromatic rings. The number of carbonyl (C=O) groups excluding carboxylic acids is 1. The third-order valence-corrected chi connectivity index (χ3v) is 6.34. The van der Waals surface area contributed by atoms with Gasteiger partial charge in [-0.15, -0.1) is 0 Å². The van der Waals surface area contributed by atoms with E-state index in [-0.39, 0.29) is 18.1 Å². The van der Waals surface area contributed by atoms with Gasteiger partial charge in [-0.1, -0.05) is 56.5 Å². The summed E-state index contributed by atoms with van der Waals surface area (Å²) in [6.45, 7) is -0.431. The number of aliphatic hydroxyl groups is 2. The Bertz CT molecular complexity index is 781. The minimum absolute atomic E-state index is 0.0121. The maximum atomic E-state index is 12.4. The molecule has 9 heteroatoms. The Balaban J connectivity index is 1.61. The summed E-state index contributed by atoms with van der Waals surface area (Å²) in [5.41, 5.74) is 1.38. The molecule has 2 atom stereocenters. The van der Waals surface area contributed by atoms with Gasteiger partial charge >= 0.3 is 5.97 Å². The Morgan fingerprint density at radius 3 is 2.52 bits per heavy atom. The van der Waals surface area contributed by atoms with Crippen LogP contribution >= 0.6 is 12.2 Å². The van der Waals surface area contributed by atoms with Gasteiger partial charge in [0.2, 0.25) is 0 Å². The zero-order valence-electron chi connectivity index (χ0n) is 17.5. The number of ether oxygens (including phenoxy) is 1. The molecule has 2 fully saturated rings. The van der Waals surface area contributed by atoms with E-state index in [1.807, 2.05) is 0 Å². The van der Waals surface area contributed by atoms with E-state index >= 15 is 0 Å². The van der Waals surface area contributed by atoms with Gasteiger partial charge in [-0.2, -0.15) is 0 Å². The second kappa shape index (κ2) is 11.0. The van der Waals surface area contributed by atoms with E-state index in [2.05, 4.69) is 0 Å². The van der Waals surface area contributed by atoms with Crippen LogP contribution in [-0.4, -0.2) is 63.1 Å². The second-order valence-corrected chi connectivity index (χ2v) is 8.57. The molecule has 2 unspecified atom stereocenters. The van der Waals surface area contributed by atoms with Gasteiger partial charge in [0.05, 0.1) is 24.9 Å². The Hall–Kier alpha value is -2.07. The van der Waals surface area contributed by atoms with Crippen LogP contribution in [0.15, 0.2) is 24.3 Å². The van der Waals surface area contributed by atoms with Gasteiger partial charge in [-0.05, 0) is 36.5 Å². The molecule has 170 valence electrons. The van der Waals surface area contributed by atoms with Gasteiger partial charge in [0.1, 0.15) is 11.6 Å². The summed E-state index contributed by atoms with van der Waals surface area (Å²) in [5.74, 6) is -0.979. The molecule has 1 saturated heterocycles. The molecule has 1 saturated carbocycles. The predicted octanol–water partition coefficient (Wildman–Crippen LogP) is 2.43. The van der Waals surface area contributed by atoms with Crippen LogP contribution in [0.3, 0.4) is 0 Å². The largest absolute Gasteiger partial charge is 0.480 e. The molecule has 0 bridgehead atoms. The summed E-state index contributed by atoms with van der Waals surface area (Å²) >= 11 is 5.25. The van der Waals surface area contributed by atoms with E-state index in [0.717, 1.165) is 18.4 Å². The first kappa shape index (κ1) is 23.6. The van der Waals surface area contributed by atoms with Crippen molar-refractivity contribution in [2.24, 2.45) is 5.92 Å². The summed E-state index contributed by atoms with van der Waals surface area (Å²) in [7, 11) is 0. The summed E-state index contributed by atoms with van der Waals surface area (Å²) < 4.78 is 5.01. The predicted molar refractivity (Wildman–Crippen MR) is 118 cm³/mol. The zero-order valence-corrected chi connectivity index (χ0v) is 18.3. The second-order valence-electron chi connectivity index (χ2n) is 8.15. The van der Waals surface area contributed by atoms with Crippen LogP contribution in [-0.2, 0) is 14.3 Å². The molecule has 3 rings (SSSR count). The van der Waals surface area contributed by atoms with Gasteiger partial charge in [0, 0.05) is 0 Å². The van der Waals surface area contributed by atoms with E-state index in [9.17, 15) is 19.8 Å². The molecule has 2 aliphatic rings. The lowest BCUT2D eigenvalue weighted by Crippen LogP contribution is -2.42. The lowest BCUT2D eigenvalue weighted by molar-refractivity contribution is -0.142. The van der Waals surface area contributed by atoms with E-state index in [1.54, 1.807) is 24.3 Å². The molecule has 1 amide bonds. The molecule has 8 nitrogen and oxygen atoms in total. The number of aliphatic hydroxyl groups excluding tert-OH is 2. The van der Waals surface area contributed by atoms with Crippen molar-refractivity contribution < 1.29 is 29.6 Å². The number of hydrazine groups is 1. The Morgan fingerprint density at radius 1 is 1.19 bits per heavy atom. The van der Waals surface area contributed by atoms with Crippen LogP contribution in [0.25, 0.3) is 0 Å². The fraction of sp³-hybridized carbons (Fsp3) is 0.591. The van der Waals surface area contributed by atoms with Crippen molar-refractivity contribution in [3.8, 4) is 0 Å². The molecular weight excluding hydrogens is 420 g/mol. The van der Waals surface area contributed by atoms with Crippen LogP contribution in [0.1, 0.15) is 56.6 Å². The standard InChI is InChI=1S/C22H30N2O6S/c25-18(11-6-15-4-2-1-3-5-15)16-7-9-17(10-8-16)24-22(31)20(28)21(29)23(24)12-13-30-14-19(26)27/h7-10,15,18,20,25,28H,1-6,11-14H2,(H,26,27). The molecule has 0 radical (unpaired) electrons. The van der Waals surface area contributed by atoms with Crippen molar-refractivity contribution in [2.45, 2.75) is 57.2 Å². The van der Waals surface area contributed by atoms with Crippen LogP contribution in [0.4, 0.5) is 5.69 Å². The molecule has 31 heavy (non-hydrogen) atoms. The minimum atomic E-state index is -1.43. The number of carboxylic acid groups (broad SMARTS) is 1. The number of nitrogens with zero attached hydrogens (tertiary/aromatic N) is 2. The highest BCUT2D eigenvalue weighted by atomic mass is 32.1. The summed E-state index contributed by atoms with van der Waals surface area (Å²) in [5, 5.41) is 32.0. The molecule has 3 N–H and O–H groups in total. The number of anilines is 1. The van der Waals surface area contributed by atoms with Crippen molar-refractivity contribution in [3.05, 3.63) is 29.8 Å². The number of thiocarbonyl (C=S) groups is 1. The fourth-order valence-electron chi connectivity index (χ4n) is 4.24. The zero-order chi connectivity index (χ0) is 22.4. The van der Waals surface area contributed by atoms with Gasteiger partial charge in [0.25, 0.3) is 5.91 Å². The molecule has 0 spiro atoms. The topological polar surface area (TPSA) is 111 Å². The highest BCUT2D eigenvalue weighted by molar-refractivity contribution is 7.80. The third-order valence-electron chi connectivity index (χ3n) is 5.94. The molecular formula is C22H30N2O6S. The van der Waals surface area contributed by atoms with E-state index < -0.39 is 30.7 Å². The molecule has 0 aromatic heterocycles. The van der Waals surface area contributed by atoms with Crippen LogP contribution in [0.5, 0.6) is 0 Å². The maximum Gasteiger partial charge on any atom is 0.329 e. The van der Waals surface area contributed by atoms with Crippen molar-refractivity contribution >= 4 is 34.8 Å². The smallest absolute Gasteiger partial charge is 0.329 e. The number of carbonyl (C=O) groups is 2. The van der Waals surface area contributed by atoms with Crippen molar-refractivity contribution in [1.82, 2.24) is 5.01 Å². The van der Waals surface area contributed by atoms with Gasteiger partial charge in [-0.25, -0.2) is 14.8 Å². The average molecular weight is 451 g/mol. The molecule has 1 aromatic carbocycles. The Labute approximate surface area is 187 Å². The first-order chi connectivity index (χ1) is 14.9. The quantitative estimate of drug-likeness (QED) is 0.368. The van der Waals surface area contributed by atoms with Crippen molar-refractivity contribution in [3.63, 3.8) is 0 Å². The number of hydrogen-bond donors (Lipinski definition) is 3. The first-order valence-corrected chi connectivity index (χ1v) is 11.2.